The number of aliphatic hydroxyl groups is 1. The molecule has 0 unspecified atom stereocenters. The van der Waals surface area contributed by atoms with Crippen LogP contribution in [0.25, 0.3) is 0 Å². The number of hydrogen-bond acceptors (Lipinski definition) is 1. The quantitative estimate of drug-likeness (QED) is 0.494. The standard InChI is InChI=1S/C28H48O/c1-20-17-22(19-24(29)18-20)11-12-23-10-8-16-28(6)25(13-14-26(23)28)21(2)9-7-15-27(3,4)5/h11-12,20-21,24-26,29H,7-10,13-19H2,1-6H3/b22-11-,23-12+/t20-,21-,24-,25-,26+,28-/m1/s1. The highest BCUT2D eigenvalue weighted by Gasteiger charge is 2.50. The van der Waals surface area contributed by atoms with Gasteiger partial charge in [0.05, 0.1) is 6.10 Å². The molecule has 0 bridgehead atoms. The van der Waals surface area contributed by atoms with Crippen molar-refractivity contribution in [3.63, 3.8) is 0 Å². The summed E-state index contributed by atoms with van der Waals surface area (Å²) in [6.45, 7) is 14.6. The number of hydrogen-bond donors (Lipinski definition) is 1. The molecule has 0 aliphatic heterocycles. The van der Waals surface area contributed by atoms with Crippen molar-refractivity contribution in [2.75, 3.05) is 0 Å². The van der Waals surface area contributed by atoms with E-state index < -0.39 is 0 Å². The van der Waals surface area contributed by atoms with Crippen LogP contribution in [0.2, 0.25) is 0 Å². The average molecular weight is 401 g/mol. The first-order valence-electron chi connectivity index (χ1n) is 12.6. The molecular formula is C28H48O. The number of allylic oxidation sites excluding steroid dienone is 3. The van der Waals surface area contributed by atoms with Gasteiger partial charge in [-0.25, -0.2) is 0 Å². The fourth-order valence-corrected chi connectivity index (χ4v) is 7.20. The minimum absolute atomic E-state index is 0.121. The van der Waals surface area contributed by atoms with Gasteiger partial charge in [0, 0.05) is 0 Å². The van der Waals surface area contributed by atoms with Gasteiger partial charge in [0.2, 0.25) is 0 Å². The van der Waals surface area contributed by atoms with Crippen molar-refractivity contribution < 1.29 is 5.11 Å². The first-order valence-corrected chi connectivity index (χ1v) is 12.6. The second kappa shape index (κ2) is 9.29. The van der Waals surface area contributed by atoms with Crippen LogP contribution in [0.15, 0.2) is 23.3 Å². The summed E-state index contributed by atoms with van der Waals surface area (Å²) < 4.78 is 0. The van der Waals surface area contributed by atoms with E-state index in [-0.39, 0.29) is 6.10 Å². The fourth-order valence-electron chi connectivity index (χ4n) is 7.20. The summed E-state index contributed by atoms with van der Waals surface area (Å²) in [6.07, 6.45) is 18.9. The van der Waals surface area contributed by atoms with Gasteiger partial charge < -0.3 is 5.11 Å². The van der Waals surface area contributed by atoms with Gasteiger partial charge in [0.1, 0.15) is 0 Å². The van der Waals surface area contributed by atoms with E-state index in [0.29, 0.717) is 16.7 Å². The Bertz CT molecular complexity index is 594. The van der Waals surface area contributed by atoms with Crippen molar-refractivity contribution in [1.82, 2.24) is 0 Å². The molecule has 0 aromatic heterocycles. The predicted molar refractivity (Wildman–Crippen MR) is 126 cm³/mol. The monoisotopic (exact) mass is 400 g/mol. The Balaban J connectivity index is 1.66. The molecular weight excluding hydrogens is 352 g/mol. The van der Waals surface area contributed by atoms with Crippen molar-refractivity contribution >= 4 is 0 Å². The van der Waals surface area contributed by atoms with Crippen molar-refractivity contribution in [2.45, 2.75) is 118 Å². The van der Waals surface area contributed by atoms with Crippen LogP contribution in [0.1, 0.15) is 112 Å². The minimum Gasteiger partial charge on any atom is -0.393 e. The minimum atomic E-state index is -0.121. The molecule has 0 amide bonds. The van der Waals surface area contributed by atoms with Crippen LogP contribution in [0, 0.1) is 34.5 Å². The number of rotatable bonds is 5. The SMILES string of the molecule is C[C@@H]1C/C(=C/C=C2\CCC[C@]3(C)[C@@H]([C@H](C)CCCC(C)(C)C)CC[C@@H]23)C[C@H](O)C1. The third kappa shape index (κ3) is 5.78. The van der Waals surface area contributed by atoms with Gasteiger partial charge in [-0.05, 0) is 92.3 Å². The van der Waals surface area contributed by atoms with Crippen molar-refractivity contribution in [3.8, 4) is 0 Å². The third-order valence-electron chi connectivity index (χ3n) is 8.63. The van der Waals surface area contributed by atoms with Crippen LogP contribution in [0.5, 0.6) is 0 Å². The normalized spacial score (nSPS) is 39.7. The topological polar surface area (TPSA) is 20.2 Å². The van der Waals surface area contributed by atoms with Gasteiger partial charge in [-0.1, -0.05) is 77.7 Å². The molecule has 29 heavy (non-hydrogen) atoms. The summed E-state index contributed by atoms with van der Waals surface area (Å²) in [5.74, 6) is 3.19. The van der Waals surface area contributed by atoms with Crippen LogP contribution in [0.3, 0.4) is 0 Å². The first-order chi connectivity index (χ1) is 13.6. The Morgan fingerprint density at radius 1 is 1.17 bits per heavy atom. The molecule has 1 heteroatoms. The van der Waals surface area contributed by atoms with Crippen LogP contribution in [-0.2, 0) is 0 Å². The molecule has 3 fully saturated rings. The molecule has 0 spiro atoms. The third-order valence-corrected chi connectivity index (χ3v) is 8.63. The summed E-state index contributed by atoms with van der Waals surface area (Å²) in [5, 5.41) is 10.1. The fraction of sp³-hybridized carbons (Fsp3) is 0.857. The second-order valence-corrected chi connectivity index (χ2v) is 12.5. The second-order valence-electron chi connectivity index (χ2n) is 12.5. The van der Waals surface area contributed by atoms with Crippen molar-refractivity contribution in [1.29, 1.82) is 0 Å². The lowest BCUT2D eigenvalue weighted by molar-refractivity contribution is 0.0920. The highest BCUT2D eigenvalue weighted by atomic mass is 16.3. The summed E-state index contributed by atoms with van der Waals surface area (Å²) in [5.41, 5.74) is 4.19. The van der Waals surface area contributed by atoms with E-state index in [1.54, 1.807) is 5.57 Å². The Kier molecular flexibility index (Phi) is 7.40. The van der Waals surface area contributed by atoms with Gasteiger partial charge in [0.25, 0.3) is 0 Å². The van der Waals surface area contributed by atoms with Crippen LogP contribution in [0.4, 0.5) is 0 Å². The Labute approximate surface area is 181 Å². The Hall–Kier alpha value is -0.560. The van der Waals surface area contributed by atoms with Crippen LogP contribution in [-0.4, -0.2) is 11.2 Å². The smallest absolute Gasteiger partial charge is 0.0580 e. The number of fused-ring (bicyclic) bond motifs is 1. The molecule has 6 atom stereocenters. The van der Waals surface area contributed by atoms with Crippen LogP contribution < -0.4 is 0 Å². The number of aliphatic hydroxyl groups excluding tert-OH is 1. The molecule has 3 rings (SSSR count). The Morgan fingerprint density at radius 2 is 1.93 bits per heavy atom. The lowest BCUT2D eigenvalue weighted by Gasteiger charge is -2.44. The predicted octanol–water partition coefficient (Wildman–Crippen LogP) is 8.09. The van der Waals surface area contributed by atoms with Gasteiger partial charge in [-0.15, -0.1) is 0 Å². The van der Waals surface area contributed by atoms with E-state index >= 15 is 0 Å². The molecule has 0 heterocycles. The van der Waals surface area contributed by atoms with E-state index in [1.807, 2.05) is 0 Å². The van der Waals surface area contributed by atoms with E-state index in [9.17, 15) is 5.11 Å². The average Bonchev–Trinajstić information content (AvgIpc) is 2.95. The summed E-state index contributed by atoms with van der Waals surface area (Å²) >= 11 is 0. The van der Waals surface area contributed by atoms with E-state index in [2.05, 4.69) is 53.7 Å². The van der Waals surface area contributed by atoms with Gasteiger partial charge in [-0.3, -0.25) is 0 Å². The molecule has 0 radical (unpaired) electrons. The maximum Gasteiger partial charge on any atom is 0.0580 e. The summed E-state index contributed by atoms with van der Waals surface area (Å²) in [7, 11) is 0. The van der Waals surface area contributed by atoms with E-state index in [4.69, 9.17) is 0 Å². The first kappa shape index (κ1) is 23.1. The zero-order valence-electron chi connectivity index (χ0n) is 20.3. The van der Waals surface area contributed by atoms with E-state index in [1.165, 1.54) is 63.4 Å². The zero-order valence-corrected chi connectivity index (χ0v) is 20.3. The Morgan fingerprint density at radius 3 is 2.62 bits per heavy atom. The van der Waals surface area contributed by atoms with Gasteiger partial charge >= 0.3 is 0 Å². The maximum absolute atomic E-state index is 10.1. The van der Waals surface area contributed by atoms with Gasteiger partial charge in [-0.2, -0.15) is 0 Å². The highest BCUT2D eigenvalue weighted by Crippen LogP contribution is 2.60. The molecule has 3 saturated carbocycles. The summed E-state index contributed by atoms with van der Waals surface area (Å²) in [6, 6.07) is 0. The van der Waals surface area contributed by atoms with Crippen molar-refractivity contribution in [3.05, 3.63) is 23.3 Å². The molecule has 0 saturated heterocycles. The van der Waals surface area contributed by atoms with Gasteiger partial charge in [0.15, 0.2) is 0 Å². The zero-order chi connectivity index (χ0) is 21.2. The molecule has 1 N–H and O–H groups in total. The lowest BCUT2D eigenvalue weighted by Crippen LogP contribution is -2.36. The summed E-state index contributed by atoms with van der Waals surface area (Å²) in [4.78, 5) is 0. The molecule has 0 aromatic carbocycles. The van der Waals surface area contributed by atoms with Crippen molar-refractivity contribution in [2.24, 2.45) is 34.5 Å². The lowest BCUT2D eigenvalue weighted by atomic mass is 9.60. The highest BCUT2D eigenvalue weighted by molar-refractivity contribution is 5.26. The maximum atomic E-state index is 10.1. The van der Waals surface area contributed by atoms with Crippen LogP contribution >= 0.6 is 0 Å². The van der Waals surface area contributed by atoms with E-state index in [0.717, 1.165) is 30.6 Å². The molecule has 166 valence electrons. The largest absolute Gasteiger partial charge is 0.393 e. The molecule has 3 aliphatic rings. The molecule has 1 nitrogen and oxygen atoms in total. The molecule has 0 aromatic rings. The molecule has 3 aliphatic carbocycles.